The topological polar surface area (TPSA) is 102 Å². The van der Waals surface area contributed by atoms with E-state index in [1.807, 2.05) is 6.92 Å². The molecule has 0 spiro atoms. The number of amides is 1. The van der Waals surface area contributed by atoms with E-state index >= 15 is 0 Å². The first-order valence-electron chi connectivity index (χ1n) is 5.84. The van der Waals surface area contributed by atoms with Gasteiger partial charge in [-0.05, 0) is 6.42 Å². The third-order valence-electron chi connectivity index (χ3n) is 2.16. The summed E-state index contributed by atoms with van der Waals surface area (Å²) in [5, 5.41) is 5.79. The Morgan fingerprint density at radius 2 is 2.22 bits per heavy atom. The molecule has 0 saturated heterocycles. The highest BCUT2D eigenvalue weighted by atomic mass is 16.5. The van der Waals surface area contributed by atoms with Crippen LogP contribution in [0.1, 0.15) is 19.8 Å². The second-order valence-corrected chi connectivity index (χ2v) is 3.68. The fourth-order valence-electron chi connectivity index (χ4n) is 1.29. The number of ether oxygens (including phenoxy) is 1. The van der Waals surface area contributed by atoms with Crippen LogP contribution in [-0.2, 0) is 4.79 Å². The van der Waals surface area contributed by atoms with E-state index in [2.05, 4.69) is 20.6 Å². The molecule has 0 atom stereocenters. The maximum absolute atomic E-state index is 11.3. The number of hydrogen-bond acceptors (Lipinski definition) is 6. The van der Waals surface area contributed by atoms with Crippen molar-refractivity contribution in [2.75, 3.05) is 31.2 Å². The van der Waals surface area contributed by atoms with Gasteiger partial charge in [0, 0.05) is 25.6 Å². The molecule has 7 heteroatoms. The molecule has 0 aliphatic carbocycles. The van der Waals surface area contributed by atoms with E-state index in [-0.39, 0.29) is 11.9 Å². The van der Waals surface area contributed by atoms with Crippen molar-refractivity contribution in [3.05, 3.63) is 6.07 Å². The largest absolute Gasteiger partial charge is 0.481 e. The maximum atomic E-state index is 11.3. The van der Waals surface area contributed by atoms with Crippen molar-refractivity contribution < 1.29 is 9.53 Å². The Morgan fingerprint density at radius 3 is 2.89 bits per heavy atom. The fourth-order valence-corrected chi connectivity index (χ4v) is 1.29. The zero-order chi connectivity index (χ0) is 13.4. The molecule has 0 bridgehead atoms. The Hall–Kier alpha value is -2.05. The Balaban J connectivity index is 2.39. The number of methoxy groups -OCH3 is 1. The van der Waals surface area contributed by atoms with E-state index in [0.29, 0.717) is 31.2 Å². The zero-order valence-electron chi connectivity index (χ0n) is 10.7. The Labute approximate surface area is 106 Å². The molecule has 0 radical (unpaired) electrons. The molecule has 18 heavy (non-hydrogen) atoms. The predicted octanol–water partition coefficient (Wildman–Crippen LogP) is 0.396. The van der Waals surface area contributed by atoms with Crippen molar-refractivity contribution in [3.63, 3.8) is 0 Å². The van der Waals surface area contributed by atoms with Crippen LogP contribution in [0, 0.1) is 0 Å². The van der Waals surface area contributed by atoms with Crippen LogP contribution in [-0.4, -0.2) is 36.1 Å². The second-order valence-electron chi connectivity index (χ2n) is 3.68. The van der Waals surface area contributed by atoms with Crippen LogP contribution in [0.5, 0.6) is 5.88 Å². The number of rotatable bonds is 7. The van der Waals surface area contributed by atoms with Gasteiger partial charge in [-0.2, -0.15) is 9.97 Å². The van der Waals surface area contributed by atoms with Crippen LogP contribution in [0.2, 0.25) is 0 Å². The third kappa shape index (κ3) is 4.86. The van der Waals surface area contributed by atoms with Gasteiger partial charge in [0.25, 0.3) is 0 Å². The van der Waals surface area contributed by atoms with E-state index in [1.165, 1.54) is 7.11 Å². The van der Waals surface area contributed by atoms with E-state index in [1.54, 1.807) is 6.07 Å². The summed E-state index contributed by atoms with van der Waals surface area (Å²) in [6.45, 7) is 3.19. The lowest BCUT2D eigenvalue weighted by Gasteiger charge is -2.07. The molecular formula is C11H19N5O2. The van der Waals surface area contributed by atoms with Crippen LogP contribution in [0.4, 0.5) is 11.8 Å². The van der Waals surface area contributed by atoms with Crippen LogP contribution < -0.4 is 21.1 Å². The minimum Gasteiger partial charge on any atom is -0.481 e. The Bertz CT molecular complexity index is 397. The first-order valence-corrected chi connectivity index (χ1v) is 5.84. The summed E-state index contributed by atoms with van der Waals surface area (Å²) >= 11 is 0. The average molecular weight is 253 g/mol. The van der Waals surface area contributed by atoms with Crippen molar-refractivity contribution >= 4 is 17.7 Å². The van der Waals surface area contributed by atoms with Gasteiger partial charge in [-0.3, -0.25) is 4.79 Å². The minimum atomic E-state index is 0.0124. The second kappa shape index (κ2) is 7.31. The van der Waals surface area contributed by atoms with Gasteiger partial charge in [-0.15, -0.1) is 0 Å². The molecule has 0 saturated carbocycles. The molecule has 0 aliphatic heterocycles. The van der Waals surface area contributed by atoms with Gasteiger partial charge in [0.05, 0.1) is 7.11 Å². The van der Waals surface area contributed by atoms with E-state index < -0.39 is 0 Å². The summed E-state index contributed by atoms with van der Waals surface area (Å²) in [7, 11) is 1.50. The monoisotopic (exact) mass is 253 g/mol. The molecule has 1 rings (SSSR count). The molecule has 100 valence electrons. The number of nitrogens with two attached hydrogens (primary N) is 1. The summed E-state index contributed by atoms with van der Waals surface area (Å²) in [6.07, 6.45) is 1.31. The molecule has 1 aromatic heterocycles. The molecule has 1 heterocycles. The van der Waals surface area contributed by atoms with Gasteiger partial charge in [-0.1, -0.05) is 6.92 Å². The fraction of sp³-hybridized carbons (Fsp3) is 0.545. The Kier molecular flexibility index (Phi) is 5.69. The van der Waals surface area contributed by atoms with Gasteiger partial charge in [-0.25, -0.2) is 0 Å². The van der Waals surface area contributed by atoms with Crippen LogP contribution in [0.3, 0.4) is 0 Å². The molecule has 7 nitrogen and oxygen atoms in total. The highest BCUT2D eigenvalue weighted by Crippen LogP contribution is 2.13. The third-order valence-corrected chi connectivity index (χ3v) is 2.16. The highest BCUT2D eigenvalue weighted by molar-refractivity contribution is 5.76. The lowest BCUT2D eigenvalue weighted by molar-refractivity contribution is -0.120. The van der Waals surface area contributed by atoms with Crippen molar-refractivity contribution in [1.82, 2.24) is 15.3 Å². The van der Waals surface area contributed by atoms with Gasteiger partial charge in [0.1, 0.15) is 5.82 Å². The number of nitrogens with one attached hydrogen (secondary N) is 2. The molecule has 1 amide bonds. The molecule has 0 aromatic carbocycles. The van der Waals surface area contributed by atoms with Crippen LogP contribution >= 0.6 is 0 Å². The quantitative estimate of drug-likeness (QED) is 0.650. The average Bonchev–Trinajstić information content (AvgIpc) is 2.35. The molecule has 1 aromatic rings. The number of carbonyl (C=O) groups is 1. The number of nitrogen functional groups attached to an aromatic ring is 1. The highest BCUT2D eigenvalue weighted by Gasteiger charge is 2.03. The van der Waals surface area contributed by atoms with Crippen LogP contribution in [0.25, 0.3) is 0 Å². The number of hydrogen-bond donors (Lipinski definition) is 3. The number of nitrogens with zero attached hydrogens (tertiary/aromatic N) is 2. The predicted molar refractivity (Wildman–Crippen MR) is 69.4 cm³/mol. The summed E-state index contributed by atoms with van der Waals surface area (Å²) in [6, 6.07) is 1.63. The summed E-state index contributed by atoms with van der Waals surface area (Å²) in [5.41, 5.74) is 5.51. The van der Waals surface area contributed by atoms with Crippen molar-refractivity contribution in [2.45, 2.75) is 19.8 Å². The minimum absolute atomic E-state index is 0.0124. The van der Waals surface area contributed by atoms with E-state index in [9.17, 15) is 4.79 Å². The Morgan fingerprint density at radius 1 is 1.44 bits per heavy atom. The summed E-state index contributed by atoms with van der Waals surface area (Å²) in [5.74, 6) is 1.08. The first kappa shape index (κ1) is 14.0. The summed E-state index contributed by atoms with van der Waals surface area (Å²) < 4.78 is 4.97. The lowest BCUT2D eigenvalue weighted by Crippen LogP contribution is -2.26. The van der Waals surface area contributed by atoms with Crippen molar-refractivity contribution in [2.24, 2.45) is 0 Å². The van der Waals surface area contributed by atoms with Gasteiger partial charge in [0.15, 0.2) is 0 Å². The molecule has 0 unspecified atom stereocenters. The maximum Gasteiger partial charge on any atom is 0.225 e. The van der Waals surface area contributed by atoms with Crippen LogP contribution in [0.15, 0.2) is 6.07 Å². The molecule has 4 N–H and O–H groups in total. The molecule has 0 aliphatic rings. The first-order chi connectivity index (χ1) is 8.65. The zero-order valence-corrected chi connectivity index (χ0v) is 10.7. The van der Waals surface area contributed by atoms with Crippen molar-refractivity contribution in [1.29, 1.82) is 0 Å². The summed E-state index contributed by atoms with van der Waals surface area (Å²) in [4.78, 5) is 19.2. The SMILES string of the molecule is CCCNC(=O)CCNc1cc(OC)nc(N)n1. The van der Waals surface area contributed by atoms with Gasteiger partial charge in [0.2, 0.25) is 17.7 Å². The number of aromatic nitrogens is 2. The van der Waals surface area contributed by atoms with E-state index in [4.69, 9.17) is 10.5 Å². The number of carbonyl (C=O) groups excluding carboxylic acids is 1. The van der Waals surface area contributed by atoms with Gasteiger partial charge < -0.3 is 21.1 Å². The molecule has 0 fully saturated rings. The van der Waals surface area contributed by atoms with Crippen molar-refractivity contribution in [3.8, 4) is 5.88 Å². The van der Waals surface area contributed by atoms with E-state index in [0.717, 1.165) is 6.42 Å². The standard InChI is InChI=1S/C11H19N5O2/c1-3-5-14-9(17)4-6-13-8-7-10(18-2)16-11(12)15-8/h7H,3-6H2,1-2H3,(H,14,17)(H3,12,13,15,16). The normalized spacial score (nSPS) is 9.89. The number of anilines is 2. The lowest BCUT2D eigenvalue weighted by atomic mass is 10.3. The smallest absolute Gasteiger partial charge is 0.225 e. The van der Waals surface area contributed by atoms with Gasteiger partial charge >= 0.3 is 0 Å². The molecular weight excluding hydrogens is 234 g/mol.